The average Bonchev–Trinajstić information content (AvgIpc) is 3.54. The molecule has 2 heterocycles. The molecular weight excluding hydrogens is 424 g/mol. The van der Waals surface area contributed by atoms with E-state index in [4.69, 9.17) is 14.2 Å². The van der Waals surface area contributed by atoms with Crippen LogP contribution in [0.3, 0.4) is 0 Å². The van der Waals surface area contributed by atoms with Crippen LogP contribution in [-0.4, -0.2) is 90.4 Å². The van der Waals surface area contributed by atoms with Crippen molar-refractivity contribution in [3.63, 3.8) is 0 Å². The Labute approximate surface area is 194 Å². The van der Waals surface area contributed by atoms with Gasteiger partial charge in [0.15, 0.2) is 11.5 Å². The second-order valence-corrected chi connectivity index (χ2v) is 10.6. The van der Waals surface area contributed by atoms with Gasteiger partial charge in [0, 0.05) is 32.3 Å². The molecule has 0 radical (unpaired) electrons. The molecular formula is C25H34N2O6. The van der Waals surface area contributed by atoms with Gasteiger partial charge in [0.05, 0.1) is 23.7 Å². The molecule has 180 valence electrons. The number of methoxy groups -OCH3 is 1. The monoisotopic (exact) mass is 458 g/mol. The van der Waals surface area contributed by atoms with Crippen molar-refractivity contribution in [2.75, 3.05) is 40.5 Å². The van der Waals surface area contributed by atoms with Gasteiger partial charge in [-0.3, -0.25) is 4.90 Å². The number of nitrogens with zero attached hydrogens (tertiary/aromatic N) is 2. The molecule has 1 amide bonds. The van der Waals surface area contributed by atoms with Gasteiger partial charge in [0.1, 0.15) is 12.7 Å². The van der Waals surface area contributed by atoms with E-state index in [1.807, 2.05) is 6.07 Å². The Morgan fingerprint density at radius 1 is 1.27 bits per heavy atom. The number of likely N-dealkylation sites (tertiary alicyclic amines) is 1. The number of hydrogen-bond acceptors (Lipinski definition) is 7. The van der Waals surface area contributed by atoms with Gasteiger partial charge < -0.3 is 29.3 Å². The Kier molecular flexibility index (Phi) is 4.88. The summed E-state index contributed by atoms with van der Waals surface area (Å²) in [4.78, 5) is 16.9. The van der Waals surface area contributed by atoms with Crippen LogP contribution in [0.2, 0.25) is 0 Å². The highest BCUT2D eigenvalue weighted by Gasteiger charge is 2.73. The average molecular weight is 459 g/mol. The minimum absolute atomic E-state index is 0.0286. The first kappa shape index (κ1) is 21.5. The van der Waals surface area contributed by atoms with Crippen LogP contribution in [0, 0.1) is 5.92 Å². The zero-order valence-electron chi connectivity index (χ0n) is 19.5. The van der Waals surface area contributed by atoms with Crippen LogP contribution in [0.5, 0.6) is 11.5 Å². The molecule has 2 saturated carbocycles. The number of aromatic hydroxyl groups is 1. The fraction of sp³-hybridized carbons (Fsp3) is 0.720. The van der Waals surface area contributed by atoms with E-state index in [0.717, 1.165) is 43.0 Å². The molecule has 2 N–H and O–H groups in total. The van der Waals surface area contributed by atoms with E-state index in [9.17, 15) is 15.0 Å². The minimum Gasteiger partial charge on any atom is -0.504 e. The predicted molar refractivity (Wildman–Crippen MR) is 120 cm³/mol. The number of aliphatic hydroxyl groups is 1. The van der Waals surface area contributed by atoms with E-state index in [-0.39, 0.29) is 24.4 Å². The van der Waals surface area contributed by atoms with Crippen molar-refractivity contribution in [1.29, 1.82) is 0 Å². The molecule has 5 aliphatic rings. The van der Waals surface area contributed by atoms with Crippen LogP contribution in [0.4, 0.5) is 4.79 Å². The fourth-order valence-corrected chi connectivity index (χ4v) is 7.30. The smallest absolute Gasteiger partial charge is 0.409 e. The second-order valence-electron chi connectivity index (χ2n) is 10.6. The molecule has 1 spiro atoms. The van der Waals surface area contributed by atoms with Crippen molar-refractivity contribution >= 4 is 6.09 Å². The zero-order valence-corrected chi connectivity index (χ0v) is 19.5. The molecule has 1 aromatic rings. The Hall–Kier alpha value is -2.03. The number of likely N-dealkylation sites (N-methyl/N-ethyl adjacent to an activating group) is 1. The number of rotatable bonds is 6. The predicted octanol–water partition coefficient (Wildman–Crippen LogP) is 2.04. The lowest BCUT2D eigenvalue weighted by Crippen LogP contribution is -2.78. The molecule has 8 heteroatoms. The highest BCUT2D eigenvalue weighted by molar-refractivity contribution is 5.69. The largest absolute Gasteiger partial charge is 0.504 e. The third-order valence-electron chi connectivity index (χ3n) is 9.03. The molecule has 8 nitrogen and oxygen atoms in total. The van der Waals surface area contributed by atoms with Crippen molar-refractivity contribution in [2.24, 2.45) is 5.92 Å². The molecule has 1 aromatic carbocycles. The van der Waals surface area contributed by atoms with Gasteiger partial charge in [0.2, 0.25) is 0 Å². The van der Waals surface area contributed by atoms with Crippen LogP contribution >= 0.6 is 0 Å². The zero-order chi connectivity index (χ0) is 23.0. The first-order valence-electron chi connectivity index (χ1n) is 12.3. The van der Waals surface area contributed by atoms with Crippen LogP contribution in [0.15, 0.2) is 12.1 Å². The van der Waals surface area contributed by atoms with Crippen molar-refractivity contribution in [1.82, 2.24) is 9.80 Å². The van der Waals surface area contributed by atoms with Crippen LogP contribution < -0.4 is 4.74 Å². The van der Waals surface area contributed by atoms with Gasteiger partial charge in [-0.1, -0.05) is 6.07 Å². The molecule has 2 bridgehead atoms. The summed E-state index contributed by atoms with van der Waals surface area (Å²) in [5.41, 5.74) is 0.548. The van der Waals surface area contributed by atoms with Gasteiger partial charge >= 0.3 is 6.09 Å². The van der Waals surface area contributed by atoms with Gasteiger partial charge in [-0.2, -0.15) is 0 Å². The molecule has 1 saturated heterocycles. The number of hydrogen-bond donors (Lipinski definition) is 2. The van der Waals surface area contributed by atoms with Gasteiger partial charge in [0.25, 0.3) is 0 Å². The number of phenolic OH excluding ortho intramolecular Hbond substituents is 1. The Morgan fingerprint density at radius 2 is 2.09 bits per heavy atom. The van der Waals surface area contributed by atoms with E-state index < -0.39 is 23.2 Å². The Morgan fingerprint density at radius 3 is 2.85 bits per heavy atom. The third-order valence-corrected chi connectivity index (χ3v) is 9.03. The topological polar surface area (TPSA) is 91.7 Å². The summed E-state index contributed by atoms with van der Waals surface area (Å²) in [6.07, 6.45) is 4.46. The number of benzene rings is 1. The normalized spacial score (nSPS) is 36.2. The summed E-state index contributed by atoms with van der Waals surface area (Å²) in [5.74, 6) is 1.36. The minimum atomic E-state index is -0.950. The number of ether oxygens (including phenoxy) is 3. The number of piperidine rings is 1. The van der Waals surface area contributed by atoms with Crippen LogP contribution in [0.1, 0.15) is 43.2 Å². The number of phenols is 1. The third kappa shape index (κ3) is 2.90. The summed E-state index contributed by atoms with van der Waals surface area (Å²) in [6, 6.07) is 3.49. The lowest BCUT2D eigenvalue weighted by molar-refractivity contribution is -0.198. The second kappa shape index (κ2) is 7.48. The maximum absolute atomic E-state index is 12.8. The molecule has 3 fully saturated rings. The number of amides is 1. The summed E-state index contributed by atoms with van der Waals surface area (Å²) < 4.78 is 16.9. The molecule has 33 heavy (non-hydrogen) atoms. The van der Waals surface area contributed by atoms with E-state index in [1.54, 1.807) is 25.1 Å². The summed E-state index contributed by atoms with van der Waals surface area (Å²) >= 11 is 0. The van der Waals surface area contributed by atoms with Gasteiger partial charge in [-0.25, -0.2) is 4.79 Å². The maximum Gasteiger partial charge on any atom is 0.409 e. The molecule has 0 aromatic heterocycles. The lowest BCUT2D eigenvalue weighted by Gasteiger charge is -2.64. The highest BCUT2D eigenvalue weighted by atomic mass is 16.6. The SMILES string of the molecule is COCCOC(=O)N(C)[C@H]1CC[C@@]2(O)[C@H]3Cc4ccc(O)c5c4[C@@]2(CCN3CC2CC2)[C@H]1O5. The van der Waals surface area contributed by atoms with Gasteiger partial charge in [-0.05, 0) is 62.6 Å². The van der Waals surface area contributed by atoms with E-state index >= 15 is 0 Å². The Balaban J connectivity index is 1.39. The van der Waals surface area contributed by atoms with E-state index in [0.29, 0.717) is 25.2 Å². The van der Waals surface area contributed by atoms with Gasteiger partial charge in [-0.15, -0.1) is 0 Å². The first-order valence-corrected chi connectivity index (χ1v) is 12.3. The number of carbonyl (C=O) groups is 1. The van der Waals surface area contributed by atoms with Crippen molar-refractivity contribution in [3.8, 4) is 11.5 Å². The first-order chi connectivity index (χ1) is 15.9. The molecule has 6 rings (SSSR count). The summed E-state index contributed by atoms with van der Waals surface area (Å²) in [5, 5.41) is 23.2. The lowest BCUT2D eigenvalue weighted by atomic mass is 9.48. The van der Waals surface area contributed by atoms with Crippen molar-refractivity contribution < 1.29 is 29.2 Å². The van der Waals surface area contributed by atoms with Crippen molar-refractivity contribution in [3.05, 3.63) is 23.3 Å². The Bertz CT molecular complexity index is 966. The van der Waals surface area contributed by atoms with Crippen LogP contribution in [-0.2, 0) is 21.3 Å². The maximum atomic E-state index is 12.8. The standard InChI is InChI=1S/C25H34N2O6/c1-26(23(29)32-12-11-31-2)17-7-8-25(30)19-13-16-5-6-18(28)21-20(16)24(25,22(17)33-21)9-10-27(19)14-15-3-4-15/h5-6,15,17,19,22,28,30H,3-4,7-14H2,1-2H3/t17-,19+,22-,24-,25+/m0/s1. The highest BCUT2D eigenvalue weighted by Crippen LogP contribution is 2.66. The fourth-order valence-electron chi connectivity index (χ4n) is 7.30. The number of carbonyl (C=O) groups excluding carboxylic acids is 1. The van der Waals surface area contributed by atoms with E-state index in [1.165, 1.54) is 12.8 Å². The molecule has 2 aliphatic heterocycles. The quantitative estimate of drug-likeness (QED) is 0.631. The summed E-state index contributed by atoms with van der Waals surface area (Å²) in [7, 11) is 3.32. The van der Waals surface area contributed by atoms with Crippen molar-refractivity contribution in [2.45, 2.75) is 67.7 Å². The summed E-state index contributed by atoms with van der Waals surface area (Å²) in [6.45, 7) is 2.47. The molecule has 0 unspecified atom stereocenters. The molecule has 3 aliphatic carbocycles. The van der Waals surface area contributed by atoms with Crippen LogP contribution in [0.25, 0.3) is 0 Å². The molecule has 5 atom stereocenters. The van der Waals surface area contributed by atoms with E-state index in [2.05, 4.69) is 4.90 Å².